The van der Waals surface area contributed by atoms with E-state index in [4.69, 9.17) is 4.74 Å². The number of nitrogens with zero attached hydrogens (tertiary/aromatic N) is 2. The van der Waals surface area contributed by atoms with Crippen molar-refractivity contribution in [2.75, 3.05) is 0 Å². The summed E-state index contributed by atoms with van der Waals surface area (Å²) in [5.41, 5.74) is 4.88. The lowest BCUT2D eigenvalue weighted by Gasteiger charge is -2.19. The van der Waals surface area contributed by atoms with Crippen molar-refractivity contribution in [2.24, 2.45) is 4.99 Å². The van der Waals surface area contributed by atoms with Crippen molar-refractivity contribution in [3.8, 4) is 11.6 Å². The van der Waals surface area contributed by atoms with Gasteiger partial charge in [0.25, 0.3) is 0 Å². The molecule has 1 aromatic carbocycles. The summed E-state index contributed by atoms with van der Waals surface area (Å²) in [6, 6.07) is 9.61. The van der Waals surface area contributed by atoms with Crippen molar-refractivity contribution in [3.63, 3.8) is 0 Å². The van der Waals surface area contributed by atoms with E-state index in [9.17, 15) is 5.21 Å². The molecule has 0 bridgehead atoms. The molecule has 0 atom stereocenters. The first kappa shape index (κ1) is 17.9. The molecule has 5 nitrogen and oxygen atoms in total. The highest BCUT2D eigenvalue weighted by molar-refractivity contribution is 5.98. The van der Waals surface area contributed by atoms with E-state index in [0.717, 1.165) is 23.3 Å². The highest BCUT2D eigenvalue weighted by atomic mass is 16.5. The van der Waals surface area contributed by atoms with Gasteiger partial charge < -0.3 is 4.74 Å². The molecule has 0 aliphatic heterocycles. The van der Waals surface area contributed by atoms with E-state index < -0.39 is 0 Å². The molecule has 0 aliphatic carbocycles. The predicted molar refractivity (Wildman–Crippen MR) is 96.1 cm³/mol. The van der Waals surface area contributed by atoms with Crippen LogP contribution in [-0.2, 0) is 0 Å². The van der Waals surface area contributed by atoms with Gasteiger partial charge in [-0.2, -0.15) is 0 Å². The quantitative estimate of drug-likeness (QED) is 0.485. The molecule has 2 N–H and O–H groups in total. The fourth-order valence-corrected chi connectivity index (χ4v) is 2.23. The van der Waals surface area contributed by atoms with Crippen molar-refractivity contribution in [1.82, 2.24) is 10.5 Å². The number of ether oxygens (including phenoxy) is 1. The van der Waals surface area contributed by atoms with E-state index in [1.54, 1.807) is 12.3 Å². The maximum absolute atomic E-state index is 9.36. The van der Waals surface area contributed by atoms with Gasteiger partial charge in [-0.25, -0.2) is 4.98 Å². The minimum Gasteiger partial charge on any atom is -0.439 e. The zero-order valence-corrected chi connectivity index (χ0v) is 14.9. The number of aromatic nitrogens is 1. The van der Waals surface area contributed by atoms with E-state index in [2.05, 4.69) is 28.4 Å². The summed E-state index contributed by atoms with van der Waals surface area (Å²) in [7, 11) is 0. The largest absolute Gasteiger partial charge is 0.439 e. The van der Waals surface area contributed by atoms with Gasteiger partial charge in [-0.05, 0) is 63.4 Å². The maximum Gasteiger partial charge on any atom is 0.219 e. The number of aryl methyl sites for hydroxylation is 2. The third-order valence-electron chi connectivity index (χ3n) is 3.81. The van der Waals surface area contributed by atoms with Gasteiger partial charge in [-0.15, -0.1) is 0 Å². The number of hydroxylamine groups is 1. The highest BCUT2D eigenvalue weighted by Crippen LogP contribution is 2.22. The van der Waals surface area contributed by atoms with Crippen molar-refractivity contribution in [3.05, 3.63) is 53.2 Å². The second-order valence-electron chi connectivity index (χ2n) is 6.55. The molecule has 1 heterocycles. The zero-order valence-electron chi connectivity index (χ0n) is 14.9. The molecule has 24 heavy (non-hydrogen) atoms. The second kappa shape index (κ2) is 7.45. The second-order valence-corrected chi connectivity index (χ2v) is 6.55. The molecule has 0 amide bonds. The molecular formula is C19H25N3O2. The standard InChI is InChI=1S/C19H25N3O2/c1-6-19(4,5)21-18(22-23)15-7-8-17(20-12-15)24-16-10-13(2)9-14(3)11-16/h7-12,23H,6H2,1-5H3,(H,21,22). The van der Waals surface area contributed by atoms with E-state index in [-0.39, 0.29) is 5.54 Å². The first-order chi connectivity index (χ1) is 11.3. The fourth-order valence-electron chi connectivity index (χ4n) is 2.23. The van der Waals surface area contributed by atoms with Crippen LogP contribution in [0.4, 0.5) is 0 Å². The van der Waals surface area contributed by atoms with Crippen LogP contribution in [0.3, 0.4) is 0 Å². The van der Waals surface area contributed by atoms with Crippen LogP contribution in [0.15, 0.2) is 41.5 Å². The van der Waals surface area contributed by atoms with Gasteiger partial charge in [0.15, 0.2) is 5.84 Å². The van der Waals surface area contributed by atoms with Crippen molar-refractivity contribution < 1.29 is 9.94 Å². The van der Waals surface area contributed by atoms with Crippen LogP contribution < -0.4 is 10.2 Å². The smallest absolute Gasteiger partial charge is 0.219 e. The van der Waals surface area contributed by atoms with Crippen LogP contribution in [0.5, 0.6) is 11.6 Å². The van der Waals surface area contributed by atoms with Gasteiger partial charge in [0.05, 0.1) is 5.54 Å². The lowest BCUT2D eigenvalue weighted by atomic mass is 10.0. The van der Waals surface area contributed by atoms with Gasteiger partial charge in [-0.3, -0.25) is 15.7 Å². The molecule has 0 spiro atoms. The fraction of sp³-hybridized carbons (Fsp3) is 0.368. The maximum atomic E-state index is 9.36. The Morgan fingerprint density at radius 1 is 1.21 bits per heavy atom. The van der Waals surface area contributed by atoms with E-state index in [0.29, 0.717) is 17.3 Å². The summed E-state index contributed by atoms with van der Waals surface area (Å²) in [4.78, 5) is 8.83. The Kier molecular flexibility index (Phi) is 5.57. The van der Waals surface area contributed by atoms with Crippen LogP contribution >= 0.6 is 0 Å². The average Bonchev–Trinajstić information content (AvgIpc) is 2.52. The third kappa shape index (κ3) is 4.80. The Balaban J connectivity index is 2.20. The van der Waals surface area contributed by atoms with Crippen LogP contribution in [-0.4, -0.2) is 21.6 Å². The summed E-state index contributed by atoms with van der Waals surface area (Å²) in [5.74, 6) is 1.65. The predicted octanol–water partition coefficient (Wildman–Crippen LogP) is 4.40. The van der Waals surface area contributed by atoms with E-state index in [1.165, 1.54) is 0 Å². The molecule has 5 heteroatoms. The minimum absolute atomic E-state index is 0.265. The first-order valence-corrected chi connectivity index (χ1v) is 8.05. The van der Waals surface area contributed by atoms with Crippen molar-refractivity contribution in [1.29, 1.82) is 0 Å². The topological polar surface area (TPSA) is 66.7 Å². The molecule has 2 aromatic rings. The SMILES string of the molecule is CCC(C)(C)N=C(NO)c1ccc(Oc2cc(C)cc(C)c2)nc1. The number of nitrogens with one attached hydrogen (secondary N) is 1. The number of rotatable bonds is 5. The van der Waals surface area contributed by atoms with E-state index >= 15 is 0 Å². The lowest BCUT2D eigenvalue weighted by Crippen LogP contribution is -2.27. The third-order valence-corrected chi connectivity index (χ3v) is 3.81. The van der Waals surface area contributed by atoms with Gasteiger partial charge in [0.2, 0.25) is 5.88 Å². The number of hydrogen-bond donors (Lipinski definition) is 2. The number of amidine groups is 1. The van der Waals surface area contributed by atoms with Gasteiger partial charge in [-0.1, -0.05) is 13.0 Å². The molecule has 0 aliphatic rings. The van der Waals surface area contributed by atoms with Crippen LogP contribution in [0.2, 0.25) is 0 Å². The molecule has 0 saturated carbocycles. The number of pyridine rings is 1. The van der Waals surface area contributed by atoms with Gasteiger partial charge in [0.1, 0.15) is 5.75 Å². The van der Waals surface area contributed by atoms with Crippen LogP contribution in [0, 0.1) is 13.8 Å². The Bertz CT molecular complexity index is 702. The van der Waals surface area contributed by atoms with Gasteiger partial charge >= 0.3 is 0 Å². The Hall–Kier alpha value is -2.40. The summed E-state index contributed by atoms with van der Waals surface area (Å²) in [6.07, 6.45) is 2.49. The molecule has 128 valence electrons. The van der Waals surface area contributed by atoms with E-state index in [1.807, 2.05) is 45.9 Å². The molecule has 0 saturated heterocycles. The Labute approximate surface area is 143 Å². The summed E-state index contributed by atoms with van der Waals surface area (Å²) in [5, 5.41) is 9.36. The molecular weight excluding hydrogens is 302 g/mol. The summed E-state index contributed by atoms with van der Waals surface area (Å²) in [6.45, 7) is 10.1. The number of hydrogen-bond acceptors (Lipinski definition) is 4. The lowest BCUT2D eigenvalue weighted by molar-refractivity contribution is 0.233. The minimum atomic E-state index is -0.265. The highest BCUT2D eigenvalue weighted by Gasteiger charge is 2.15. The zero-order chi connectivity index (χ0) is 17.7. The Morgan fingerprint density at radius 2 is 1.88 bits per heavy atom. The molecule has 0 unspecified atom stereocenters. The molecule has 1 aromatic heterocycles. The molecule has 2 rings (SSSR count). The van der Waals surface area contributed by atoms with Gasteiger partial charge in [0, 0.05) is 17.8 Å². The molecule has 0 radical (unpaired) electrons. The van der Waals surface area contributed by atoms with Crippen LogP contribution in [0.1, 0.15) is 43.9 Å². The average molecular weight is 327 g/mol. The van der Waals surface area contributed by atoms with Crippen molar-refractivity contribution >= 4 is 5.84 Å². The number of benzene rings is 1. The number of aliphatic imine (C=N–C) groups is 1. The normalized spacial score (nSPS) is 12.2. The Morgan fingerprint density at radius 3 is 2.38 bits per heavy atom. The summed E-state index contributed by atoms with van der Waals surface area (Å²) < 4.78 is 5.80. The molecule has 0 fully saturated rings. The first-order valence-electron chi connectivity index (χ1n) is 8.05. The van der Waals surface area contributed by atoms with Crippen LogP contribution in [0.25, 0.3) is 0 Å². The monoisotopic (exact) mass is 327 g/mol. The van der Waals surface area contributed by atoms with Crippen molar-refractivity contribution in [2.45, 2.75) is 46.6 Å². The summed E-state index contributed by atoms with van der Waals surface area (Å²) >= 11 is 0.